The van der Waals surface area contributed by atoms with Gasteiger partial charge in [-0.1, -0.05) is 18.2 Å². The van der Waals surface area contributed by atoms with E-state index in [1.807, 2.05) is 4.90 Å². The van der Waals surface area contributed by atoms with Crippen LogP contribution in [0.3, 0.4) is 0 Å². The molecule has 0 amide bonds. The molecule has 20 heavy (non-hydrogen) atoms. The molecule has 0 saturated carbocycles. The zero-order valence-corrected chi connectivity index (χ0v) is 11.6. The summed E-state index contributed by atoms with van der Waals surface area (Å²) >= 11 is 0. The van der Waals surface area contributed by atoms with Crippen molar-refractivity contribution in [3.63, 3.8) is 0 Å². The number of aliphatic hydroxyl groups excluding tert-OH is 1. The Morgan fingerprint density at radius 2 is 2.30 bits per heavy atom. The van der Waals surface area contributed by atoms with E-state index < -0.39 is 17.8 Å². The van der Waals surface area contributed by atoms with Crippen molar-refractivity contribution in [2.24, 2.45) is 5.92 Å². The summed E-state index contributed by atoms with van der Waals surface area (Å²) in [6.45, 7) is 1.52. The molecule has 0 aliphatic carbocycles. The van der Waals surface area contributed by atoms with Gasteiger partial charge in [0.15, 0.2) is 0 Å². The van der Waals surface area contributed by atoms with Gasteiger partial charge in [0.2, 0.25) is 0 Å². The lowest BCUT2D eigenvalue weighted by Crippen LogP contribution is -2.34. The largest absolute Gasteiger partial charge is 0.468 e. The van der Waals surface area contributed by atoms with E-state index >= 15 is 0 Å². The number of hydrogen-bond donors (Lipinski definition) is 1. The first-order valence-corrected chi connectivity index (χ1v) is 6.84. The molecule has 5 heteroatoms. The number of hydrogen-bond acceptors (Lipinski definition) is 4. The lowest BCUT2D eigenvalue weighted by atomic mass is 10.0. The highest BCUT2D eigenvalue weighted by Gasteiger charge is 2.35. The first kappa shape index (κ1) is 14.9. The molecule has 0 radical (unpaired) electrons. The summed E-state index contributed by atoms with van der Waals surface area (Å²) in [5, 5.41) is 9.00. The fourth-order valence-electron chi connectivity index (χ4n) is 2.80. The Hall–Kier alpha value is -1.46. The fraction of sp³-hybridized carbons (Fsp3) is 0.533. The summed E-state index contributed by atoms with van der Waals surface area (Å²) in [5.41, 5.74) is 0.351. The predicted octanol–water partition coefficient (Wildman–Crippen LogP) is 1.74. The summed E-state index contributed by atoms with van der Waals surface area (Å²) in [6, 6.07) is 5.59. The lowest BCUT2D eigenvalue weighted by Gasteiger charge is -2.26. The Morgan fingerprint density at radius 3 is 2.95 bits per heavy atom. The number of carbonyl (C=O) groups is 1. The Morgan fingerprint density at radius 1 is 1.55 bits per heavy atom. The van der Waals surface area contributed by atoms with Gasteiger partial charge in [0.25, 0.3) is 0 Å². The first-order chi connectivity index (χ1) is 9.67. The van der Waals surface area contributed by atoms with Gasteiger partial charge in [-0.3, -0.25) is 4.90 Å². The standard InChI is InChI=1S/C15H20FNO3/c1-20-15(19)14(12-4-2-3-5-13(12)16)17-8-6-11(10-17)7-9-18/h2-5,11,14,18H,6-10H2,1H3/t11-,14-/m0/s1. The molecule has 1 aromatic carbocycles. The maximum absolute atomic E-state index is 14.0. The Bertz CT molecular complexity index is 466. The van der Waals surface area contributed by atoms with Gasteiger partial charge in [0, 0.05) is 18.7 Å². The molecule has 0 unspecified atom stereocenters. The summed E-state index contributed by atoms with van der Waals surface area (Å²) < 4.78 is 18.8. The predicted molar refractivity (Wildman–Crippen MR) is 72.5 cm³/mol. The van der Waals surface area contributed by atoms with Crippen molar-refractivity contribution in [3.8, 4) is 0 Å². The van der Waals surface area contributed by atoms with Crippen LogP contribution in [0.4, 0.5) is 4.39 Å². The van der Waals surface area contributed by atoms with Gasteiger partial charge in [0.05, 0.1) is 7.11 Å². The van der Waals surface area contributed by atoms with Gasteiger partial charge >= 0.3 is 5.97 Å². The number of benzene rings is 1. The van der Waals surface area contributed by atoms with Gasteiger partial charge in [0.1, 0.15) is 11.9 Å². The summed E-state index contributed by atoms with van der Waals surface area (Å²) in [7, 11) is 1.32. The average molecular weight is 281 g/mol. The quantitative estimate of drug-likeness (QED) is 0.835. The van der Waals surface area contributed by atoms with Gasteiger partial charge in [-0.15, -0.1) is 0 Å². The van der Waals surface area contributed by atoms with Gasteiger partial charge in [-0.25, -0.2) is 9.18 Å². The molecule has 1 N–H and O–H groups in total. The van der Waals surface area contributed by atoms with E-state index in [0.717, 1.165) is 6.42 Å². The molecule has 2 rings (SSSR count). The third kappa shape index (κ3) is 3.16. The van der Waals surface area contributed by atoms with Gasteiger partial charge in [-0.05, 0) is 31.4 Å². The third-order valence-electron chi connectivity index (χ3n) is 3.84. The SMILES string of the molecule is COC(=O)[C@H](c1ccccc1F)N1CC[C@@H](CCO)C1. The van der Waals surface area contributed by atoms with Crippen LogP contribution < -0.4 is 0 Å². The second-order valence-electron chi connectivity index (χ2n) is 5.11. The van der Waals surface area contributed by atoms with Gasteiger partial charge < -0.3 is 9.84 Å². The van der Waals surface area contributed by atoms with E-state index in [0.29, 0.717) is 31.0 Å². The highest BCUT2D eigenvalue weighted by Crippen LogP contribution is 2.31. The number of aliphatic hydroxyl groups is 1. The average Bonchev–Trinajstić information content (AvgIpc) is 2.90. The molecule has 1 aliphatic heterocycles. The maximum Gasteiger partial charge on any atom is 0.327 e. The second kappa shape index (κ2) is 6.81. The van der Waals surface area contributed by atoms with Crippen molar-refractivity contribution in [2.45, 2.75) is 18.9 Å². The highest BCUT2D eigenvalue weighted by molar-refractivity contribution is 5.77. The van der Waals surface area contributed by atoms with Crippen molar-refractivity contribution < 1.29 is 19.0 Å². The summed E-state index contributed by atoms with van der Waals surface area (Å²) in [6.07, 6.45) is 1.62. The van der Waals surface area contributed by atoms with E-state index in [1.165, 1.54) is 13.2 Å². The van der Waals surface area contributed by atoms with Crippen molar-refractivity contribution in [3.05, 3.63) is 35.6 Å². The molecule has 1 heterocycles. The lowest BCUT2D eigenvalue weighted by molar-refractivity contribution is -0.147. The van der Waals surface area contributed by atoms with Crippen LogP contribution in [0.2, 0.25) is 0 Å². The fourth-order valence-corrected chi connectivity index (χ4v) is 2.80. The van der Waals surface area contributed by atoms with Gasteiger partial charge in [-0.2, -0.15) is 0 Å². The number of methoxy groups -OCH3 is 1. The van der Waals surface area contributed by atoms with Crippen LogP contribution in [0, 0.1) is 11.7 Å². The Kier molecular flexibility index (Phi) is 5.09. The minimum Gasteiger partial charge on any atom is -0.468 e. The van der Waals surface area contributed by atoms with Crippen LogP contribution in [0.1, 0.15) is 24.4 Å². The molecule has 0 spiro atoms. The number of halogens is 1. The molecular formula is C15H20FNO3. The molecule has 1 aliphatic rings. The molecule has 2 atom stereocenters. The molecule has 110 valence electrons. The number of ether oxygens (including phenoxy) is 1. The number of rotatable bonds is 5. The van der Waals surface area contributed by atoms with Crippen molar-refractivity contribution in [1.82, 2.24) is 4.90 Å². The molecule has 0 bridgehead atoms. The maximum atomic E-state index is 14.0. The van der Waals surface area contributed by atoms with Crippen LogP contribution in [0.5, 0.6) is 0 Å². The Labute approximate surface area is 118 Å². The smallest absolute Gasteiger partial charge is 0.327 e. The number of likely N-dealkylation sites (tertiary alicyclic amines) is 1. The van der Waals surface area contributed by atoms with Crippen LogP contribution in [0.25, 0.3) is 0 Å². The van der Waals surface area contributed by atoms with Crippen LogP contribution >= 0.6 is 0 Å². The second-order valence-corrected chi connectivity index (χ2v) is 5.11. The molecule has 0 aromatic heterocycles. The molecule has 1 saturated heterocycles. The van der Waals surface area contributed by atoms with E-state index in [-0.39, 0.29) is 6.61 Å². The topological polar surface area (TPSA) is 49.8 Å². The van der Waals surface area contributed by atoms with Crippen molar-refractivity contribution in [2.75, 3.05) is 26.8 Å². The minimum atomic E-state index is -0.704. The first-order valence-electron chi connectivity index (χ1n) is 6.84. The van der Waals surface area contributed by atoms with E-state index in [2.05, 4.69) is 0 Å². The van der Waals surface area contributed by atoms with E-state index in [1.54, 1.807) is 18.2 Å². The molecular weight excluding hydrogens is 261 g/mol. The minimum absolute atomic E-state index is 0.140. The van der Waals surface area contributed by atoms with Crippen LogP contribution in [-0.2, 0) is 9.53 Å². The monoisotopic (exact) mass is 281 g/mol. The normalized spacial score (nSPS) is 20.9. The molecule has 1 fully saturated rings. The highest BCUT2D eigenvalue weighted by atomic mass is 19.1. The zero-order valence-electron chi connectivity index (χ0n) is 11.6. The number of carbonyl (C=O) groups excluding carboxylic acids is 1. The number of esters is 1. The summed E-state index contributed by atoms with van der Waals surface area (Å²) in [4.78, 5) is 14.0. The Balaban J connectivity index is 2.21. The number of nitrogens with zero attached hydrogens (tertiary/aromatic N) is 1. The van der Waals surface area contributed by atoms with E-state index in [9.17, 15) is 9.18 Å². The third-order valence-corrected chi connectivity index (χ3v) is 3.84. The zero-order chi connectivity index (χ0) is 14.5. The summed E-state index contributed by atoms with van der Waals surface area (Å²) in [5.74, 6) is -0.493. The van der Waals surface area contributed by atoms with E-state index in [4.69, 9.17) is 9.84 Å². The molecule has 4 nitrogen and oxygen atoms in total. The van der Waals surface area contributed by atoms with Crippen LogP contribution in [-0.4, -0.2) is 42.8 Å². The van der Waals surface area contributed by atoms with Crippen molar-refractivity contribution >= 4 is 5.97 Å². The molecule has 1 aromatic rings. The van der Waals surface area contributed by atoms with Crippen molar-refractivity contribution in [1.29, 1.82) is 0 Å². The van der Waals surface area contributed by atoms with Crippen LogP contribution in [0.15, 0.2) is 24.3 Å².